The Morgan fingerprint density at radius 1 is 0.544 bits per heavy atom. The number of aliphatic hydroxyl groups excluding tert-OH is 1. The van der Waals surface area contributed by atoms with Crippen molar-refractivity contribution in [2.75, 3.05) is 92.3 Å². The van der Waals surface area contributed by atoms with Crippen molar-refractivity contribution < 1.29 is 131 Å². The first-order valence-corrected chi connectivity index (χ1v) is 34.0. The number of unbranched alkanes of at least 4 members (excludes halogenated alkanes) is 9. The normalized spacial score (nSPS) is 24.7. The molecule has 9 unspecified atom stereocenters. The van der Waals surface area contributed by atoms with Gasteiger partial charge in [-0.05, 0) is 78.3 Å². The van der Waals surface area contributed by atoms with Crippen molar-refractivity contribution in [3.63, 3.8) is 0 Å². The van der Waals surface area contributed by atoms with Gasteiger partial charge in [0.1, 0.15) is 24.4 Å². The molecule has 2 rings (SSSR count). The van der Waals surface area contributed by atoms with E-state index < -0.39 is 129 Å². The van der Waals surface area contributed by atoms with Gasteiger partial charge in [0.05, 0.1) is 58.9 Å². The average Bonchev–Trinajstić information content (AvgIpc) is 3.95. The number of nitroso groups, excluding NO2 is 1. The summed E-state index contributed by atoms with van der Waals surface area (Å²) in [5.74, 6) is 0. The molecule has 2 saturated heterocycles. The standard InChI is InChI=1S/C42H88N3O29P5/c1-4-39(59-22-15-9-6-12-19-43)71-42(46)74-79(56,57)66-29-27-64-76(50,51)68-33-38-36(31-41(70-38)61-24-17-11-8-14-21-45-47)73-78(54,55)65-28-26-63-75(48,49)67-32-37-35(30-40(69-37)60-23-16-10-7-13-20-44)72-77(52,53)62-25-18-34(3)58-5-2/h34-42,46H,4-33,43-44H2,1-3H3,(H,48,49)(H,50,51)(H,52,53)(H,54,55)(H,56,57)/t34?,35-,36?,37?,38-,39-,40-,41-,42?/m1/s1. The maximum absolute atomic E-state index is 13.1. The second-order valence-electron chi connectivity index (χ2n) is 17.8. The Labute approximate surface area is 462 Å². The Balaban J connectivity index is 1.95. The van der Waals surface area contributed by atoms with Crippen molar-refractivity contribution in [1.29, 1.82) is 0 Å². The number of hydrogen-bond donors (Lipinski definition) is 8. The quantitative estimate of drug-likeness (QED) is 0.0152. The highest BCUT2D eigenvalue weighted by molar-refractivity contribution is 7.48. The fourth-order valence-corrected chi connectivity index (χ4v) is 11.2. The van der Waals surface area contributed by atoms with E-state index in [-0.39, 0.29) is 64.8 Å². The lowest BCUT2D eigenvalue weighted by Gasteiger charge is -2.23. The molecule has 2 aliphatic rings. The molecule has 0 spiro atoms. The van der Waals surface area contributed by atoms with Crippen molar-refractivity contribution >= 4 is 39.1 Å². The number of phosphoric ester groups is 5. The molecule has 0 bridgehead atoms. The number of aliphatic hydroxyl groups is 1. The van der Waals surface area contributed by atoms with Crippen molar-refractivity contribution in [2.45, 2.75) is 179 Å². The van der Waals surface area contributed by atoms with E-state index >= 15 is 0 Å². The molecule has 0 radical (unpaired) electrons. The van der Waals surface area contributed by atoms with Gasteiger partial charge in [0.25, 0.3) is 6.48 Å². The molecule has 470 valence electrons. The minimum atomic E-state index is -5.09. The zero-order valence-electron chi connectivity index (χ0n) is 45.3. The zero-order chi connectivity index (χ0) is 58.6. The minimum Gasteiger partial charge on any atom is -0.379 e. The lowest BCUT2D eigenvalue weighted by Crippen LogP contribution is -2.29. The molecule has 79 heavy (non-hydrogen) atoms. The Hall–Kier alpha value is -0.250. The topological polar surface area (TPSA) is 445 Å². The van der Waals surface area contributed by atoms with Gasteiger partial charge in [-0.3, -0.25) is 45.5 Å². The number of nitrogens with two attached hydrogens (primary N) is 2. The Kier molecular flexibility index (Phi) is 39.5. The first-order chi connectivity index (χ1) is 37.5. The summed E-state index contributed by atoms with van der Waals surface area (Å²) in [6.45, 7) is 0.380. The van der Waals surface area contributed by atoms with E-state index in [1.54, 1.807) is 20.8 Å². The van der Waals surface area contributed by atoms with E-state index in [1.165, 1.54) is 0 Å². The van der Waals surface area contributed by atoms with Gasteiger partial charge in [-0.25, -0.2) is 27.3 Å². The third kappa shape index (κ3) is 37.0. The van der Waals surface area contributed by atoms with E-state index in [2.05, 4.69) is 14.2 Å². The molecule has 14 atom stereocenters. The second kappa shape index (κ2) is 41.7. The highest BCUT2D eigenvalue weighted by atomic mass is 31.2. The summed E-state index contributed by atoms with van der Waals surface area (Å²) in [4.78, 5) is 62.3. The molecule has 37 heteroatoms. The predicted octanol–water partition coefficient (Wildman–Crippen LogP) is 5.88. The first kappa shape index (κ1) is 74.8. The van der Waals surface area contributed by atoms with Crippen LogP contribution in [-0.2, 0) is 101 Å². The van der Waals surface area contributed by atoms with Gasteiger partial charge >= 0.3 is 39.1 Å². The summed E-state index contributed by atoms with van der Waals surface area (Å²) in [5.41, 5.74) is 11.0. The molecule has 0 aliphatic carbocycles. The molecule has 2 aliphatic heterocycles. The predicted molar refractivity (Wildman–Crippen MR) is 277 cm³/mol. The number of rotatable bonds is 53. The van der Waals surface area contributed by atoms with Gasteiger partial charge in [0, 0.05) is 39.3 Å². The molecular weight excluding hydrogens is 1170 g/mol. The van der Waals surface area contributed by atoms with Crippen LogP contribution in [-0.4, -0.2) is 178 Å². The molecule has 2 heterocycles. The third-order valence-corrected chi connectivity index (χ3v) is 16.2. The third-order valence-electron chi connectivity index (χ3n) is 11.2. The molecular formula is C42H88N3O29P5. The van der Waals surface area contributed by atoms with Gasteiger partial charge in [-0.15, -0.1) is 0 Å². The van der Waals surface area contributed by atoms with Crippen LogP contribution in [0.15, 0.2) is 5.18 Å². The molecule has 10 N–H and O–H groups in total. The maximum Gasteiger partial charge on any atom is 0.476 e. The first-order valence-electron chi connectivity index (χ1n) is 26.5. The summed E-state index contributed by atoms with van der Waals surface area (Å²) in [6, 6.07) is 0. The van der Waals surface area contributed by atoms with Crippen LogP contribution in [0.5, 0.6) is 0 Å². The van der Waals surface area contributed by atoms with Gasteiger partial charge in [-0.2, -0.15) is 4.91 Å². The summed E-state index contributed by atoms with van der Waals surface area (Å²) >= 11 is 0. The molecule has 0 aromatic carbocycles. The van der Waals surface area contributed by atoms with Crippen LogP contribution in [0.4, 0.5) is 0 Å². The highest BCUT2D eigenvalue weighted by Crippen LogP contribution is 2.52. The molecule has 0 amide bonds. The number of hydrogen-bond acceptors (Lipinski definition) is 27. The average molecular weight is 1250 g/mol. The number of nitrogens with zero attached hydrogens (tertiary/aromatic N) is 1. The van der Waals surface area contributed by atoms with Crippen molar-refractivity contribution in [2.24, 2.45) is 16.6 Å². The van der Waals surface area contributed by atoms with E-state index in [9.17, 15) is 57.3 Å². The number of ether oxygens (including phenoxy) is 7. The second-order valence-corrected chi connectivity index (χ2v) is 24.9. The van der Waals surface area contributed by atoms with Crippen LogP contribution in [0.1, 0.15) is 124 Å². The summed E-state index contributed by atoms with van der Waals surface area (Å²) in [5, 5.41) is 12.8. The van der Waals surface area contributed by atoms with Crippen LogP contribution in [0, 0.1) is 4.91 Å². The summed E-state index contributed by atoms with van der Waals surface area (Å²) in [7, 11) is -24.8. The lowest BCUT2D eigenvalue weighted by molar-refractivity contribution is -0.299. The lowest BCUT2D eigenvalue weighted by atomic mass is 10.2. The SMILES string of the molecule is CCOC(C)CCOP(=O)(O)O[C@@H]1C[C@H](OCCCCCCN)OC1COP(=O)(O)OCCOP(=O)(O)OC1C[C@H](OCCCCCCN=O)O[C@@H]1COP(=O)(O)OCCOP(=O)(O)OC(O)O[C@H](CC)OCCCCCCN. The van der Waals surface area contributed by atoms with E-state index in [0.717, 1.165) is 38.5 Å². The Morgan fingerprint density at radius 2 is 0.975 bits per heavy atom. The van der Waals surface area contributed by atoms with E-state index in [0.29, 0.717) is 58.2 Å². The monoisotopic (exact) mass is 1250 g/mol. The minimum absolute atomic E-state index is 0.0722. The van der Waals surface area contributed by atoms with E-state index in [4.69, 9.17) is 80.8 Å². The van der Waals surface area contributed by atoms with Gasteiger partial charge in [0.15, 0.2) is 18.9 Å². The molecule has 0 saturated carbocycles. The fraction of sp³-hybridized carbons (Fsp3) is 1.00. The van der Waals surface area contributed by atoms with Crippen LogP contribution >= 0.6 is 39.1 Å². The van der Waals surface area contributed by atoms with Gasteiger partial charge in [-0.1, -0.05) is 50.6 Å². The van der Waals surface area contributed by atoms with Crippen LogP contribution < -0.4 is 11.5 Å². The fourth-order valence-electron chi connectivity index (χ4n) is 7.24. The van der Waals surface area contributed by atoms with Crippen molar-refractivity contribution in [1.82, 2.24) is 0 Å². The summed E-state index contributed by atoms with van der Waals surface area (Å²) in [6.07, 6.45) is 0.713. The molecule has 0 aromatic heterocycles. The molecule has 0 aromatic rings. The van der Waals surface area contributed by atoms with Crippen LogP contribution in [0.2, 0.25) is 0 Å². The van der Waals surface area contributed by atoms with Crippen molar-refractivity contribution in [3.05, 3.63) is 4.91 Å². The van der Waals surface area contributed by atoms with Gasteiger partial charge in [0.2, 0.25) is 0 Å². The van der Waals surface area contributed by atoms with Crippen LogP contribution in [0.25, 0.3) is 0 Å². The highest BCUT2D eigenvalue weighted by Gasteiger charge is 2.45. The van der Waals surface area contributed by atoms with E-state index in [1.807, 2.05) is 0 Å². The van der Waals surface area contributed by atoms with Crippen LogP contribution in [0.3, 0.4) is 0 Å². The Morgan fingerprint density at radius 3 is 1.43 bits per heavy atom. The zero-order valence-corrected chi connectivity index (χ0v) is 49.8. The van der Waals surface area contributed by atoms with Gasteiger partial charge < -0.3 is 69.5 Å². The number of phosphoric acid groups is 5. The Bertz CT molecular complexity index is 1860. The molecule has 32 nitrogen and oxygen atoms in total. The summed E-state index contributed by atoms with van der Waals surface area (Å²) < 4.78 is 153. The smallest absolute Gasteiger partial charge is 0.379 e. The molecule has 2 fully saturated rings. The van der Waals surface area contributed by atoms with Crippen molar-refractivity contribution in [3.8, 4) is 0 Å². The largest absolute Gasteiger partial charge is 0.476 e. The maximum atomic E-state index is 13.1.